The summed E-state index contributed by atoms with van der Waals surface area (Å²) in [7, 11) is 2.03. The topological polar surface area (TPSA) is 61.4 Å². The highest BCUT2D eigenvalue weighted by Crippen LogP contribution is 2.16. The third kappa shape index (κ3) is 6.37. The monoisotopic (exact) mass is 445 g/mol. The van der Waals surface area contributed by atoms with Gasteiger partial charge in [0.15, 0.2) is 0 Å². The van der Waals surface area contributed by atoms with Crippen LogP contribution >= 0.6 is 15.9 Å². The van der Waals surface area contributed by atoms with E-state index >= 15 is 0 Å². The molecule has 0 saturated carbocycles. The van der Waals surface area contributed by atoms with Crippen molar-refractivity contribution in [2.45, 2.75) is 26.3 Å². The van der Waals surface area contributed by atoms with E-state index in [2.05, 4.69) is 43.6 Å². The van der Waals surface area contributed by atoms with Crippen molar-refractivity contribution in [3.8, 4) is 0 Å². The van der Waals surface area contributed by atoms with Gasteiger partial charge in [0, 0.05) is 30.3 Å². The lowest BCUT2D eigenvalue weighted by atomic mass is 10.0. The fraction of sp³-hybridized carbons (Fsp3) is 0.364. The van der Waals surface area contributed by atoms with E-state index in [0.29, 0.717) is 16.6 Å². The first-order valence-corrected chi connectivity index (χ1v) is 10.3. The molecule has 0 aliphatic carbocycles. The van der Waals surface area contributed by atoms with Gasteiger partial charge in [0.05, 0.1) is 5.56 Å². The fourth-order valence-electron chi connectivity index (χ4n) is 2.85. The molecule has 0 unspecified atom stereocenters. The minimum Gasteiger partial charge on any atom is -0.375 e. The summed E-state index contributed by atoms with van der Waals surface area (Å²) in [6.45, 7) is 5.24. The van der Waals surface area contributed by atoms with Gasteiger partial charge in [-0.15, -0.1) is 0 Å². The second-order valence-electron chi connectivity index (χ2n) is 7.08. The van der Waals surface area contributed by atoms with Crippen LogP contribution in [-0.2, 0) is 4.79 Å². The van der Waals surface area contributed by atoms with E-state index in [1.807, 2.05) is 51.2 Å². The second kappa shape index (κ2) is 10.9. The third-order valence-electron chi connectivity index (χ3n) is 4.52. The lowest BCUT2D eigenvalue weighted by Gasteiger charge is -2.23. The predicted molar refractivity (Wildman–Crippen MR) is 118 cm³/mol. The van der Waals surface area contributed by atoms with Crippen LogP contribution < -0.4 is 15.5 Å². The molecule has 2 N–H and O–H groups in total. The van der Waals surface area contributed by atoms with E-state index in [1.165, 1.54) is 0 Å². The summed E-state index contributed by atoms with van der Waals surface area (Å²) >= 11 is 3.38. The molecule has 0 fully saturated rings. The van der Waals surface area contributed by atoms with Crippen molar-refractivity contribution in [3.63, 3.8) is 0 Å². The molecule has 28 heavy (non-hydrogen) atoms. The van der Waals surface area contributed by atoms with Crippen molar-refractivity contribution >= 4 is 33.4 Å². The zero-order chi connectivity index (χ0) is 20.5. The van der Waals surface area contributed by atoms with Gasteiger partial charge in [-0.25, -0.2) is 0 Å². The molecule has 6 heteroatoms. The van der Waals surface area contributed by atoms with Crippen LogP contribution in [0.3, 0.4) is 0 Å². The van der Waals surface area contributed by atoms with Crippen molar-refractivity contribution in [2.24, 2.45) is 5.92 Å². The van der Waals surface area contributed by atoms with E-state index < -0.39 is 6.04 Å². The molecule has 5 nitrogen and oxygen atoms in total. The molecule has 2 rings (SSSR count). The van der Waals surface area contributed by atoms with Gasteiger partial charge < -0.3 is 15.5 Å². The lowest BCUT2D eigenvalue weighted by Crippen LogP contribution is -2.50. The second-order valence-corrected chi connectivity index (χ2v) is 7.93. The van der Waals surface area contributed by atoms with E-state index in [0.717, 1.165) is 18.7 Å². The maximum absolute atomic E-state index is 12.6. The van der Waals surface area contributed by atoms with Crippen LogP contribution in [0.4, 0.5) is 5.69 Å². The summed E-state index contributed by atoms with van der Waals surface area (Å²) < 4.78 is 0.708. The Hall–Kier alpha value is -2.34. The number of benzene rings is 2. The average molecular weight is 446 g/mol. The lowest BCUT2D eigenvalue weighted by molar-refractivity contribution is -0.123. The molecule has 2 aromatic rings. The zero-order valence-electron chi connectivity index (χ0n) is 16.6. The Morgan fingerprint density at radius 3 is 2.32 bits per heavy atom. The quantitative estimate of drug-likeness (QED) is 0.576. The van der Waals surface area contributed by atoms with Crippen LogP contribution in [0.15, 0.2) is 59.1 Å². The van der Waals surface area contributed by atoms with E-state index in [-0.39, 0.29) is 17.7 Å². The molecule has 0 spiro atoms. The Morgan fingerprint density at radius 2 is 1.68 bits per heavy atom. The Morgan fingerprint density at radius 1 is 1.04 bits per heavy atom. The number of halogens is 1. The largest absolute Gasteiger partial charge is 0.375 e. The van der Waals surface area contributed by atoms with Gasteiger partial charge >= 0.3 is 0 Å². The number of nitrogens with one attached hydrogen (secondary N) is 2. The van der Waals surface area contributed by atoms with Crippen LogP contribution in [-0.4, -0.2) is 38.0 Å². The van der Waals surface area contributed by atoms with E-state index in [4.69, 9.17) is 0 Å². The molecule has 0 bridgehead atoms. The summed E-state index contributed by atoms with van der Waals surface area (Å²) in [5.41, 5.74) is 1.67. The number of anilines is 1. The molecule has 2 aromatic carbocycles. The normalized spacial score (nSPS) is 11.8. The Bertz CT molecular complexity index is 780. The molecular formula is C22H28BrN3O2. The number of para-hydroxylation sites is 1. The number of hydrogen-bond donors (Lipinski definition) is 2. The smallest absolute Gasteiger partial charge is 0.253 e. The number of rotatable bonds is 9. The summed E-state index contributed by atoms with van der Waals surface area (Å²) in [5, 5.41) is 5.81. The van der Waals surface area contributed by atoms with Gasteiger partial charge in [-0.05, 0) is 52.5 Å². The first-order valence-electron chi connectivity index (χ1n) is 9.49. The summed E-state index contributed by atoms with van der Waals surface area (Å²) in [6.07, 6.45) is 0.820. The van der Waals surface area contributed by atoms with Crippen LogP contribution in [0.2, 0.25) is 0 Å². The van der Waals surface area contributed by atoms with Crippen LogP contribution in [0, 0.1) is 5.92 Å². The van der Waals surface area contributed by atoms with Gasteiger partial charge in [0.2, 0.25) is 5.91 Å². The molecule has 2 amide bonds. The van der Waals surface area contributed by atoms with E-state index in [9.17, 15) is 9.59 Å². The molecule has 1 atom stereocenters. The van der Waals surface area contributed by atoms with Gasteiger partial charge in [-0.3, -0.25) is 9.59 Å². The highest BCUT2D eigenvalue weighted by Gasteiger charge is 2.25. The number of nitrogens with zero attached hydrogens (tertiary/aromatic N) is 1. The minimum absolute atomic E-state index is 0.0153. The van der Waals surface area contributed by atoms with Crippen molar-refractivity contribution in [2.75, 3.05) is 25.0 Å². The highest BCUT2D eigenvalue weighted by molar-refractivity contribution is 9.10. The molecular weight excluding hydrogens is 418 g/mol. The van der Waals surface area contributed by atoms with Crippen LogP contribution in [0.5, 0.6) is 0 Å². The summed E-state index contributed by atoms with van der Waals surface area (Å²) in [6, 6.07) is 16.7. The Labute approximate surface area is 175 Å². The predicted octanol–water partition coefficient (Wildman–Crippen LogP) is 3.85. The van der Waals surface area contributed by atoms with Crippen molar-refractivity contribution in [1.82, 2.24) is 10.6 Å². The van der Waals surface area contributed by atoms with Crippen LogP contribution in [0.1, 0.15) is 30.6 Å². The molecule has 0 saturated heterocycles. The molecule has 0 radical (unpaired) electrons. The standard InChI is InChI=1S/C22H28BrN3O2/c1-16(2)20(25-21(27)18-12-7-8-13-19(18)23)22(28)24-14-9-15-26(3)17-10-5-4-6-11-17/h4-8,10-13,16,20H,9,14-15H2,1-3H3,(H,24,28)(H,25,27)/t20-/m0/s1. The molecule has 0 aliphatic rings. The summed E-state index contributed by atoms with van der Waals surface area (Å²) in [5.74, 6) is -0.429. The first kappa shape index (κ1) is 22.0. The van der Waals surface area contributed by atoms with Gasteiger partial charge in [-0.2, -0.15) is 0 Å². The number of carbonyl (C=O) groups excluding carboxylic acids is 2. The molecule has 150 valence electrons. The maximum atomic E-state index is 12.6. The van der Waals surface area contributed by atoms with Gasteiger partial charge in [0.1, 0.15) is 6.04 Å². The van der Waals surface area contributed by atoms with Crippen molar-refractivity contribution in [3.05, 3.63) is 64.6 Å². The maximum Gasteiger partial charge on any atom is 0.253 e. The number of hydrogen-bond acceptors (Lipinski definition) is 3. The zero-order valence-corrected chi connectivity index (χ0v) is 18.2. The Balaban J connectivity index is 1.84. The SMILES string of the molecule is CC(C)[C@H](NC(=O)c1ccccc1Br)C(=O)NCCCN(C)c1ccccc1. The summed E-state index contributed by atoms with van der Waals surface area (Å²) in [4.78, 5) is 27.3. The number of carbonyl (C=O) groups is 2. The van der Waals surface area contributed by atoms with E-state index in [1.54, 1.807) is 12.1 Å². The van der Waals surface area contributed by atoms with Crippen molar-refractivity contribution in [1.29, 1.82) is 0 Å². The number of amides is 2. The molecule has 0 heterocycles. The Kier molecular flexibility index (Phi) is 8.51. The fourth-order valence-corrected chi connectivity index (χ4v) is 3.31. The molecule has 0 aliphatic heterocycles. The third-order valence-corrected chi connectivity index (χ3v) is 5.21. The van der Waals surface area contributed by atoms with Crippen molar-refractivity contribution < 1.29 is 9.59 Å². The highest BCUT2D eigenvalue weighted by atomic mass is 79.9. The first-order chi connectivity index (χ1) is 13.4. The molecule has 0 aromatic heterocycles. The average Bonchev–Trinajstić information content (AvgIpc) is 2.69. The van der Waals surface area contributed by atoms with Gasteiger partial charge in [-0.1, -0.05) is 44.2 Å². The van der Waals surface area contributed by atoms with Gasteiger partial charge in [0.25, 0.3) is 5.91 Å². The van der Waals surface area contributed by atoms with Crippen LogP contribution in [0.25, 0.3) is 0 Å². The minimum atomic E-state index is -0.577.